The Morgan fingerprint density at radius 1 is 1.59 bits per heavy atom. The number of ketones is 2. The molecule has 1 saturated carbocycles. The SMILES string of the molecule is CC(=O)CCC(C1CC(=O)C(C)(C)C1)[N+](=O)[O-]. The number of rotatable bonds is 5. The van der Waals surface area contributed by atoms with Gasteiger partial charge in [0.15, 0.2) is 0 Å². The van der Waals surface area contributed by atoms with Gasteiger partial charge in [-0.1, -0.05) is 13.8 Å². The molecule has 0 amide bonds. The van der Waals surface area contributed by atoms with Crippen molar-refractivity contribution in [2.24, 2.45) is 11.3 Å². The Bertz CT molecular complexity index is 348. The van der Waals surface area contributed by atoms with Crippen LogP contribution in [-0.4, -0.2) is 22.5 Å². The molecule has 5 heteroatoms. The molecule has 5 nitrogen and oxygen atoms in total. The maximum absolute atomic E-state index is 11.7. The third-order valence-corrected chi connectivity index (χ3v) is 3.58. The largest absolute Gasteiger partial charge is 0.300 e. The van der Waals surface area contributed by atoms with Crippen LogP contribution < -0.4 is 0 Å². The van der Waals surface area contributed by atoms with Crippen molar-refractivity contribution in [2.75, 3.05) is 0 Å². The minimum Gasteiger partial charge on any atom is -0.300 e. The molecule has 0 bridgehead atoms. The fourth-order valence-corrected chi connectivity index (χ4v) is 2.49. The van der Waals surface area contributed by atoms with Crippen molar-refractivity contribution in [3.63, 3.8) is 0 Å². The van der Waals surface area contributed by atoms with Gasteiger partial charge in [0.2, 0.25) is 6.04 Å². The van der Waals surface area contributed by atoms with Crippen molar-refractivity contribution in [1.82, 2.24) is 0 Å². The molecule has 1 rings (SSSR count). The highest BCUT2D eigenvalue weighted by atomic mass is 16.6. The van der Waals surface area contributed by atoms with Gasteiger partial charge in [-0.15, -0.1) is 0 Å². The summed E-state index contributed by atoms with van der Waals surface area (Å²) in [6.07, 6.45) is 1.29. The third kappa shape index (κ3) is 3.35. The van der Waals surface area contributed by atoms with Crippen LogP contribution in [0.2, 0.25) is 0 Å². The van der Waals surface area contributed by atoms with E-state index in [2.05, 4.69) is 0 Å². The van der Waals surface area contributed by atoms with Gasteiger partial charge in [0.05, 0.1) is 0 Å². The second-order valence-electron chi connectivity index (χ2n) is 5.57. The lowest BCUT2D eigenvalue weighted by molar-refractivity contribution is -0.533. The topological polar surface area (TPSA) is 77.3 Å². The highest BCUT2D eigenvalue weighted by molar-refractivity contribution is 5.86. The number of hydrogen-bond acceptors (Lipinski definition) is 4. The minimum absolute atomic E-state index is 0.0413. The van der Waals surface area contributed by atoms with Crippen LogP contribution in [0.4, 0.5) is 0 Å². The van der Waals surface area contributed by atoms with Gasteiger partial charge in [-0.3, -0.25) is 14.9 Å². The van der Waals surface area contributed by atoms with Crippen molar-refractivity contribution in [2.45, 2.75) is 52.5 Å². The number of nitrogens with zero attached hydrogens (tertiary/aromatic N) is 1. The normalized spacial score (nSPS) is 24.6. The second kappa shape index (κ2) is 4.94. The number of carbonyl (C=O) groups is 2. The standard InChI is InChI=1S/C12H19NO4/c1-8(14)4-5-10(13(16)17)9-6-11(15)12(2,3)7-9/h9-10H,4-7H2,1-3H3. The van der Waals surface area contributed by atoms with E-state index in [4.69, 9.17) is 0 Å². The molecule has 0 aliphatic heterocycles. The average Bonchev–Trinajstić information content (AvgIpc) is 2.40. The quantitative estimate of drug-likeness (QED) is 0.545. The van der Waals surface area contributed by atoms with E-state index < -0.39 is 11.5 Å². The first-order chi connectivity index (χ1) is 7.74. The van der Waals surface area contributed by atoms with Gasteiger partial charge in [0.1, 0.15) is 11.6 Å². The van der Waals surface area contributed by atoms with Crippen molar-refractivity contribution < 1.29 is 14.5 Å². The molecular weight excluding hydrogens is 222 g/mol. The fraction of sp³-hybridized carbons (Fsp3) is 0.833. The highest BCUT2D eigenvalue weighted by Crippen LogP contribution is 2.40. The lowest BCUT2D eigenvalue weighted by Crippen LogP contribution is -2.28. The Morgan fingerprint density at radius 3 is 2.53 bits per heavy atom. The molecule has 0 N–H and O–H groups in total. The summed E-state index contributed by atoms with van der Waals surface area (Å²) < 4.78 is 0. The van der Waals surface area contributed by atoms with Gasteiger partial charge in [-0.25, -0.2) is 0 Å². The third-order valence-electron chi connectivity index (χ3n) is 3.58. The molecule has 0 aromatic rings. The maximum Gasteiger partial charge on any atom is 0.216 e. The van der Waals surface area contributed by atoms with Crippen LogP contribution in [0.3, 0.4) is 0 Å². The molecule has 0 heterocycles. The van der Waals surface area contributed by atoms with E-state index in [-0.39, 0.29) is 41.7 Å². The Hall–Kier alpha value is -1.26. The van der Waals surface area contributed by atoms with Crippen LogP contribution in [-0.2, 0) is 9.59 Å². The summed E-state index contributed by atoms with van der Waals surface area (Å²) in [5.74, 6) is -0.163. The Balaban J connectivity index is 2.70. The first kappa shape index (κ1) is 13.8. The van der Waals surface area contributed by atoms with Gasteiger partial charge < -0.3 is 4.79 Å². The summed E-state index contributed by atoms with van der Waals surface area (Å²) in [6, 6.07) is -0.760. The van der Waals surface area contributed by atoms with E-state index in [0.29, 0.717) is 6.42 Å². The zero-order valence-electron chi connectivity index (χ0n) is 10.6. The predicted octanol–water partition coefficient (Wildman–Crippen LogP) is 2.01. The minimum atomic E-state index is -0.760. The van der Waals surface area contributed by atoms with Crippen LogP contribution in [0.1, 0.15) is 46.5 Å². The number of nitro groups is 1. The van der Waals surface area contributed by atoms with E-state index in [1.807, 2.05) is 13.8 Å². The van der Waals surface area contributed by atoms with Crippen molar-refractivity contribution in [1.29, 1.82) is 0 Å². The lowest BCUT2D eigenvalue weighted by Gasteiger charge is -2.17. The van der Waals surface area contributed by atoms with Crippen molar-refractivity contribution in [3.05, 3.63) is 10.1 Å². The average molecular weight is 241 g/mol. The van der Waals surface area contributed by atoms with E-state index in [0.717, 1.165) is 0 Å². The Morgan fingerprint density at radius 2 is 2.18 bits per heavy atom. The van der Waals surface area contributed by atoms with Gasteiger partial charge >= 0.3 is 0 Å². The van der Waals surface area contributed by atoms with Crippen LogP contribution >= 0.6 is 0 Å². The van der Waals surface area contributed by atoms with E-state index in [9.17, 15) is 19.7 Å². The van der Waals surface area contributed by atoms with Gasteiger partial charge in [-0.2, -0.15) is 0 Å². The number of carbonyl (C=O) groups excluding carboxylic acids is 2. The monoisotopic (exact) mass is 241 g/mol. The van der Waals surface area contributed by atoms with E-state index >= 15 is 0 Å². The Kier molecular flexibility index (Phi) is 4.01. The van der Waals surface area contributed by atoms with Crippen molar-refractivity contribution >= 4 is 11.6 Å². The summed E-state index contributed by atoms with van der Waals surface area (Å²) in [5.41, 5.74) is -0.449. The van der Waals surface area contributed by atoms with Crippen LogP contribution in [0.15, 0.2) is 0 Å². The maximum atomic E-state index is 11.7. The zero-order chi connectivity index (χ0) is 13.2. The van der Waals surface area contributed by atoms with E-state index in [1.54, 1.807) is 0 Å². The molecule has 1 aliphatic rings. The summed E-state index contributed by atoms with van der Waals surface area (Å²) in [5, 5.41) is 11.0. The molecule has 96 valence electrons. The zero-order valence-corrected chi connectivity index (χ0v) is 10.6. The molecule has 1 aliphatic carbocycles. The summed E-state index contributed by atoms with van der Waals surface area (Å²) >= 11 is 0. The summed E-state index contributed by atoms with van der Waals surface area (Å²) in [4.78, 5) is 33.2. The molecule has 17 heavy (non-hydrogen) atoms. The molecule has 2 atom stereocenters. The molecule has 0 aromatic heterocycles. The highest BCUT2D eigenvalue weighted by Gasteiger charge is 2.46. The van der Waals surface area contributed by atoms with Crippen LogP contribution in [0.25, 0.3) is 0 Å². The molecule has 0 radical (unpaired) electrons. The number of hydrogen-bond donors (Lipinski definition) is 0. The molecule has 1 fully saturated rings. The Labute approximate surface area is 101 Å². The summed E-state index contributed by atoms with van der Waals surface area (Å²) in [7, 11) is 0. The van der Waals surface area contributed by atoms with Crippen LogP contribution in [0.5, 0.6) is 0 Å². The summed E-state index contributed by atoms with van der Waals surface area (Å²) in [6.45, 7) is 5.09. The first-order valence-electron chi connectivity index (χ1n) is 5.90. The van der Waals surface area contributed by atoms with Crippen molar-refractivity contribution in [3.8, 4) is 0 Å². The van der Waals surface area contributed by atoms with Gasteiger partial charge in [0.25, 0.3) is 0 Å². The van der Waals surface area contributed by atoms with Crippen LogP contribution in [0, 0.1) is 21.4 Å². The fourth-order valence-electron chi connectivity index (χ4n) is 2.49. The molecule has 0 aromatic carbocycles. The number of Topliss-reactive ketones (excluding diaryl/α,β-unsaturated/α-hetero) is 2. The van der Waals surface area contributed by atoms with Gasteiger partial charge in [0, 0.05) is 35.5 Å². The lowest BCUT2D eigenvalue weighted by atomic mass is 9.87. The molecule has 0 spiro atoms. The molecule has 0 saturated heterocycles. The smallest absolute Gasteiger partial charge is 0.216 e. The first-order valence-corrected chi connectivity index (χ1v) is 5.90. The second-order valence-corrected chi connectivity index (χ2v) is 5.57. The predicted molar refractivity (Wildman–Crippen MR) is 62.2 cm³/mol. The van der Waals surface area contributed by atoms with Gasteiger partial charge in [-0.05, 0) is 13.3 Å². The molecule has 2 unspecified atom stereocenters. The molecular formula is C12H19NO4. The van der Waals surface area contributed by atoms with E-state index in [1.165, 1.54) is 6.92 Å².